The Bertz CT molecular complexity index is 684. The molecule has 0 spiro atoms. The Kier molecular flexibility index (Phi) is 14.0. The molecule has 0 saturated carbocycles. The Labute approximate surface area is 198 Å². The van der Waals surface area contributed by atoms with Crippen LogP contribution in [0.3, 0.4) is 0 Å². The summed E-state index contributed by atoms with van der Waals surface area (Å²) in [6.45, 7) is 2.96. The topological polar surface area (TPSA) is 151 Å². The van der Waals surface area contributed by atoms with E-state index in [9.17, 15) is 24.0 Å². The summed E-state index contributed by atoms with van der Waals surface area (Å²) in [6.07, 6.45) is 2.59. The largest absolute Gasteiger partial charge is 0.355 e. The lowest BCUT2D eigenvalue weighted by atomic mass is 10.1. The molecule has 0 aromatic rings. The van der Waals surface area contributed by atoms with Gasteiger partial charge in [-0.25, -0.2) is 0 Å². The number of thioether (sulfide) groups is 1. The third-order valence-electron chi connectivity index (χ3n) is 4.79. The number of nitrogens with zero attached hydrogens (tertiary/aromatic N) is 1. The second-order valence-electron chi connectivity index (χ2n) is 7.26. The van der Waals surface area contributed by atoms with Gasteiger partial charge in [0, 0.05) is 31.4 Å². The Balaban J connectivity index is 2.83. The fraction of sp³-hybridized carbons (Fsp3) is 0.737. The zero-order valence-electron chi connectivity index (χ0n) is 18.4. The molecule has 1 aliphatic rings. The van der Waals surface area contributed by atoms with Crippen molar-refractivity contribution < 1.29 is 24.0 Å². The summed E-state index contributed by atoms with van der Waals surface area (Å²) in [5.41, 5.74) is 5.52. The first-order valence-corrected chi connectivity index (χ1v) is 13.4. The lowest BCUT2D eigenvalue weighted by molar-refractivity contribution is -0.138. The molecule has 5 amide bonds. The van der Waals surface area contributed by atoms with Crippen molar-refractivity contribution in [1.29, 1.82) is 0 Å². The molecule has 0 aromatic carbocycles. The van der Waals surface area contributed by atoms with Gasteiger partial charge in [0.1, 0.15) is 12.1 Å². The summed E-state index contributed by atoms with van der Waals surface area (Å²) < 4.78 is 0. The van der Waals surface area contributed by atoms with Crippen molar-refractivity contribution in [2.24, 2.45) is 5.73 Å². The first-order valence-electron chi connectivity index (χ1n) is 10.7. The molecule has 0 aromatic heterocycles. The first kappa shape index (κ1) is 28.8. The molecular weight excluding hydrogens is 472 g/mol. The van der Waals surface area contributed by atoms with E-state index in [-0.39, 0.29) is 42.0 Å². The minimum absolute atomic E-state index is 0.0795. The average Bonchev–Trinajstić information content (AvgIpc) is 3.03. The monoisotopic (exact) mass is 507 g/mol. The highest BCUT2D eigenvalue weighted by molar-refractivity contribution is 8.00. The molecular formula is C19H35N5O5P2S. The molecule has 182 valence electrons. The van der Waals surface area contributed by atoms with Crippen molar-refractivity contribution in [3.8, 4) is 0 Å². The van der Waals surface area contributed by atoms with E-state index in [1.807, 2.05) is 0 Å². The summed E-state index contributed by atoms with van der Waals surface area (Å²) in [5.74, 6) is -1.52. The second kappa shape index (κ2) is 15.5. The number of hydrogen-bond donors (Lipinski definition) is 4. The minimum Gasteiger partial charge on any atom is -0.355 e. The van der Waals surface area contributed by atoms with Gasteiger partial charge >= 0.3 is 0 Å². The number of unbranched alkanes of at least 4 members (excludes halogenated alkanes) is 1. The van der Waals surface area contributed by atoms with Crippen LogP contribution in [0.2, 0.25) is 0 Å². The number of amides is 5. The lowest BCUT2D eigenvalue weighted by Gasteiger charge is -2.23. The number of likely N-dealkylation sites (tertiary alicyclic amines) is 1. The van der Waals surface area contributed by atoms with Gasteiger partial charge in [0.15, 0.2) is 0 Å². The van der Waals surface area contributed by atoms with E-state index >= 15 is 0 Å². The fourth-order valence-corrected chi connectivity index (χ4v) is 4.69. The molecule has 5 atom stereocenters. The minimum atomic E-state index is -0.906. The predicted molar refractivity (Wildman–Crippen MR) is 132 cm³/mol. The molecule has 0 radical (unpaired) electrons. The molecule has 1 fully saturated rings. The SMILES string of the molecule is CCNC(=O)C(CSC1CC(=O)N(CCP)C1=O)NC(=O)C(CCCCN)NC(=O)CP. The maximum Gasteiger partial charge on any atom is 0.243 e. The number of carbonyl (C=O) groups excluding carboxylic acids is 5. The zero-order chi connectivity index (χ0) is 24.1. The fourth-order valence-electron chi connectivity index (χ4n) is 3.13. The van der Waals surface area contributed by atoms with E-state index in [4.69, 9.17) is 5.73 Å². The summed E-state index contributed by atoms with van der Waals surface area (Å²) in [4.78, 5) is 63.0. The Morgan fingerprint density at radius 3 is 2.47 bits per heavy atom. The number of hydrogen-bond acceptors (Lipinski definition) is 7. The average molecular weight is 508 g/mol. The molecule has 1 heterocycles. The Hall–Kier alpha value is -1.28. The summed E-state index contributed by atoms with van der Waals surface area (Å²) in [7, 11) is 4.79. The normalized spacial score (nSPS) is 17.8. The second-order valence-corrected chi connectivity index (χ2v) is 9.48. The van der Waals surface area contributed by atoms with Crippen LogP contribution in [-0.2, 0) is 24.0 Å². The van der Waals surface area contributed by atoms with Crippen LogP contribution in [-0.4, -0.2) is 89.5 Å². The standard InChI is InChI=1S/C19H35N5O5P2S/c1-2-21-17(27)13(11-32-14-9-16(26)24(7-8-30)19(14)29)23-18(28)12(5-3-4-6-20)22-15(25)10-31/h12-14H,2-11,20,30-31H2,1H3,(H,21,27)(H,22,25)(H,23,28). The van der Waals surface area contributed by atoms with Crippen LogP contribution in [0.1, 0.15) is 32.6 Å². The van der Waals surface area contributed by atoms with Crippen LogP contribution in [0.5, 0.6) is 0 Å². The van der Waals surface area contributed by atoms with Crippen LogP contribution >= 0.6 is 30.2 Å². The molecule has 5 unspecified atom stereocenters. The van der Waals surface area contributed by atoms with Gasteiger partial charge in [-0.2, -0.15) is 0 Å². The summed E-state index contributed by atoms with van der Waals surface area (Å²) in [5, 5.41) is 7.48. The van der Waals surface area contributed by atoms with Gasteiger partial charge < -0.3 is 21.7 Å². The van der Waals surface area contributed by atoms with Crippen LogP contribution in [0, 0.1) is 0 Å². The number of nitrogens with one attached hydrogen (secondary N) is 3. The number of likely N-dealkylation sites (N-methyl/N-ethyl adjacent to an activating group) is 1. The zero-order valence-corrected chi connectivity index (χ0v) is 21.6. The van der Waals surface area contributed by atoms with E-state index in [0.29, 0.717) is 45.1 Å². The third-order valence-corrected chi connectivity index (χ3v) is 6.71. The van der Waals surface area contributed by atoms with Crippen LogP contribution in [0.25, 0.3) is 0 Å². The Morgan fingerprint density at radius 1 is 1.16 bits per heavy atom. The van der Waals surface area contributed by atoms with Crippen molar-refractivity contribution in [2.45, 2.75) is 49.9 Å². The van der Waals surface area contributed by atoms with Crippen molar-refractivity contribution in [3.63, 3.8) is 0 Å². The van der Waals surface area contributed by atoms with E-state index in [1.165, 1.54) is 16.7 Å². The maximum absolute atomic E-state index is 12.9. The number of imide groups is 1. The van der Waals surface area contributed by atoms with Crippen LogP contribution in [0.4, 0.5) is 0 Å². The smallest absolute Gasteiger partial charge is 0.243 e. The van der Waals surface area contributed by atoms with Gasteiger partial charge in [-0.1, -0.05) is 0 Å². The highest BCUT2D eigenvalue weighted by atomic mass is 32.2. The molecule has 5 N–H and O–H groups in total. The van der Waals surface area contributed by atoms with Gasteiger partial charge in [-0.15, -0.1) is 30.2 Å². The van der Waals surface area contributed by atoms with Crippen molar-refractivity contribution in [3.05, 3.63) is 0 Å². The van der Waals surface area contributed by atoms with E-state index in [1.54, 1.807) is 6.92 Å². The highest BCUT2D eigenvalue weighted by Crippen LogP contribution is 2.26. The molecule has 0 bridgehead atoms. The van der Waals surface area contributed by atoms with Gasteiger partial charge in [-0.05, 0) is 38.9 Å². The third kappa shape index (κ3) is 9.30. The van der Waals surface area contributed by atoms with Crippen LogP contribution in [0.15, 0.2) is 0 Å². The summed E-state index contributed by atoms with van der Waals surface area (Å²) in [6, 6.07) is -1.69. The Morgan fingerprint density at radius 2 is 1.88 bits per heavy atom. The quantitative estimate of drug-likeness (QED) is 0.124. The van der Waals surface area contributed by atoms with Gasteiger partial charge in [0.25, 0.3) is 0 Å². The molecule has 1 aliphatic heterocycles. The van der Waals surface area contributed by atoms with Gasteiger partial charge in [0.05, 0.1) is 5.25 Å². The van der Waals surface area contributed by atoms with E-state index < -0.39 is 23.2 Å². The predicted octanol–water partition coefficient (Wildman–Crippen LogP) is -1.17. The highest BCUT2D eigenvalue weighted by Gasteiger charge is 2.39. The molecule has 1 rings (SSSR count). The molecule has 10 nitrogen and oxygen atoms in total. The number of nitrogens with two attached hydrogens (primary N) is 1. The van der Waals surface area contributed by atoms with Crippen molar-refractivity contribution in [1.82, 2.24) is 20.9 Å². The molecule has 13 heteroatoms. The summed E-state index contributed by atoms with van der Waals surface area (Å²) >= 11 is 1.18. The van der Waals surface area contributed by atoms with E-state index in [0.717, 1.165) is 0 Å². The maximum atomic E-state index is 12.9. The molecule has 32 heavy (non-hydrogen) atoms. The van der Waals surface area contributed by atoms with Crippen LogP contribution < -0.4 is 21.7 Å². The van der Waals surface area contributed by atoms with E-state index in [2.05, 4.69) is 34.4 Å². The van der Waals surface area contributed by atoms with Gasteiger partial charge in [-0.3, -0.25) is 28.9 Å². The number of carbonyl (C=O) groups is 5. The number of rotatable bonds is 15. The lowest BCUT2D eigenvalue weighted by Crippen LogP contribution is -2.55. The van der Waals surface area contributed by atoms with Gasteiger partial charge in [0.2, 0.25) is 29.5 Å². The molecule has 0 aliphatic carbocycles. The first-order chi connectivity index (χ1) is 15.3. The van der Waals surface area contributed by atoms with Crippen molar-refractivity contribution in [2.75, 3.05) is 37.7 Å². The van der Waals surface area contributed by atoms with Crippen molar-refractivity contribution >= 4 is 59.8 Å². The molecule has 1 saturated heterocycles.